The fourth-order valence-corrected chi connectivity index (χ4v) is 3.71. The summed E-state index contributed by atoms with van der Waals surface area (Å²) in [6.07, 6.45) is 5.15. The van der Waals surface area contributed by atoms with Gasteiger partial charge in [-0.3, -0.25) is 4.79 Å². The summed E-state index contributed by atoms with van der Waals surface area (Å²) in [4.78, 5) is 35.7. The number of epoxide rings is 1. The number of carbonyl (C=O) groups excluding carboxylic acids is 3. The Kier molecular flexibility index (Phi) is 6.28. The number of hydrogen-bond donors (Lipinski definition) is 1. The van der Waals surface area contributed by atoms with Gasteiger partial charge in [0, 0.05) is 25.0 Å². The molecule has 0 amide bonds. The van der Waals surface area contributed by atoms with Gasteiger partial charge in [-0.05, 0) is 31.1 Å². The quantitative estimate of drug-likeness (QED) is 0.310. The van der Waals surface area contributed by atoms with Gasteiger partial charge in [-0.15, -0.1) is 0 Å². The van der Waals surface area contributed by atoms with Crippen LogP contribution in [0, 0.1) is 5.92 Å². The Morgan fingerprint density at radius 1 is 1.40 bits per heavy atom. The molecule has 1 N–H and O–H groups in total. The molecule has 2 aliphatic heterocycles. The van der Waals surface area contributed by atoms with Crippen molar-refractivity contribution in [2.45, 2.75) is 51.1 Å². The number of rotatable bonds is 5. The molecule has 8 nitrogen and oxygen atoms in total. The average molecular weight is 418 g/mol. The van der Waals surface area contributed by atoms with E-state index in [1.165, 1.54) is 13.0 Å². The van der Waals surface area contributed by atoms with Crippen LogP contribution in [0.3, 0.4) is 0 Å². The molecule has 5 atom stereocenters. The van der Waals surface area contributed by atoms with E-state index in [0.717, 1.165) is 0 Å². The van der Waals surface area contributed by atoms with Crippen LogP contribution in [-0.4, -0.2) is 60.1 Å². The Morgan fingerprint density at radius 3 is 2.80 bits per heavy atom. The SMILES string of the molecule is C=C1C(=O)O[C@@H]2/C=C(CO)\C=C/[C@H]3O[C@]3(C)C[C@@H](OC(=O)/C=C(\C)COC(C)=O)[C@@H]12. The first kappa shape index (κ1) is 22.0. The molecule has 0 spiro atoms. The summed E-state index contributed by atoms with van der Waals surface area (Å²) in [5.74, 6) is -2.26. The summed E-state index contributed by atoms with van der Waals surface area (Å²) in [7, 11) is 0. The van der Waals surface area contributed by atoms with Gasteiger partial charge in [-0.2, -0.15) is 0 Å². The number of aliphatic hydroxyl groups excluding tert-OH is 1. The summed E-state index contributed by atoms with van der Waals surface area (Å²) in [6, 6.07) is 0. The molecular formula is C22H26O8. The topological polar surface area (TPSA) is 112 Å². The van der Waals surface area contributed by atoms with Gasteiger partial charge in [0.05, 0.1) is 18.1 Å². The molecule has 2 fully saturated rings. The van der Waals surface area contributed by atoms with Crippen molar-refractivity contribution in [1.29, 1.82) is 0 Å². The zero-order valence-electron chi connectivity index (χ0n) is 17.3. The smallest absolute Gasteiger partial charge is 0.334 e. The van der Waals surface area contributed by atoms with Gasteiger partial charge in [0.1, 0.15) is 24.9 Å². The lowest BCUT2D eigenvalue weighted by Crippen LogP contribution is -2.36. The summed E-state index contributed by atoms with van der Waals surface area (Å²) in [5.41, 5.74) is 0.708. The highest BCUT2D eigenvalue weighted by molar-refractivity contribution is 5.91. The maximum absolute atomic E-state index is 12.5. The summed E-state index contributed by atoms with van der Waals surface area (Å²) in [6.45, 7) is 8.39. The fourth-order valence-electron chi connectivity index (χ4n) is 3.71. The average Bonchev–Trinajstić information content (AvgIpc) is 3.22. The number of fused-ring (bicyclic) bond motifs is 2. The van der Waals surface area contributed by atoms with Crippen LogP contribution in [0.4, 0.5) is 0 Å². The van der Waals surface area contributed by atoms with Crippen molar-refractivity contribution in [1.82, 2.24) is 0 Å². The molecule has 0 saturated carbocycles. The largest absolute Gasteiger partial charge is 0.461 e. The third-order valence-electron chi connectivity index (χ3n) is 5.39. The second kappa shape index (κ2) is 8.57. The van der Waals surface area contributed by atoms with E-state index in [2.05, 4.69) is 6.58 Å². The minimum atomic E-state index is -0.739. The van der Waals surface area contributed by atoms with Crippen molar-refractivity contribution >= 4 is 17.9 Å². The van der Waals surface area contributed by atoms with Crippen LogP contribution in [-0.2, 0) is 33.3 Å². The maximum atomic E-state index is 12.5. The van der Waals surface area contributed by atoms with Gasteiger partial charge in [-0.25, -0.2) is 9.59 Å². The van der Waals surface area contributed by atoms with Crippen molar-refractivity contribution < 1.29 is 38.4 Å². The van der Waals surface area contributed by atoms with Gasteiger partial charge in [-0.1, -0.05) is 18.7 Å². The molecular weight excluding hydrogens is 392 g/mol. The van der Waals surface area contributed by atoms with Gasteiger partial charge in [0.2, 0.25) is 0 Å². The van der Waals surface area contributed by atoms with E-state index >= 15 is 0 Å². The molecule has 0 aromatic carbocycles. The highest BCUT2D eigenvalue weighted by Gasteiger charge is 2.56. The van der Waals surface area contributed by atoms with Crippen molar-refractivity contribution in [3.8, 4) is 0 Å². The molecule has 3 aliphatic rings. The molecule has 2 saturated heterocycles. The number of esters is 3. The third-order valence-corrected chi connectivity index (χ3v) is 5.39. The first-order valence-corrected chi connectivity index (χ1v) is 9.71. The second-order valence-electron chi connectivity index (χ2n) is 7.98. The first-order chi connectivity index (χ1) is 14.1. The third kappa shape index (κ3) is 4.88. The van der Waals surface area contributed by atoms with E-state index in [1.807, 2.05) is 13.0 Å². The first-order valence-electron chi connectivity index (χ1n) is 9.71. The van der Waals surface area contributed by atoms with Crippen LogP contribution in [0.25, 0.3) is 0 Å². The number of aliphatic hydroxyl groups is 1. The number of carbonyl (C=O) groups is 3. The molecule has 1 aliphatic carbocycles. The molecule has 3 rings (SSSR count). The van der Waals surface area contributed by atoms with Crippen molar-refractivity contribution in [3.63, 3.8) is 0 Å². The molecule has 0 bridgehead atoms. The zero-order valence-corrected chi connectivity index (χ0v) is 17.3. The lowest BCUT2D eigenvalue weighted by Gasteiger charge is -2.27. The maximum Gasteiger partial charge on any atom is 0.334 e. The molecule has 0 aromatic rings. The zero-order chi connectivity index (χ0) is 22.1. The Labute approximate surface area is 174 Å². The number of hydrogen-bond acceptors (Lipinski definition) is 8. The summed E-state index contributed by atoms with van der Waals surface area (Å²) in [5, 5.41) is 9.63. The Morgan fingerprint density at radius 2 is 2.13 bits per heavy atom. The molecule has 8 heteroatoms. The standard InChI is InChI=1S/C22H26O8/c1-12(11-27-14(3)24)7-19(25)28-17-9-22(4)18(30-22)6-5-15(10-23)8-16-20(17)13(2)21(26)29-16/h5-8,16-18,20,23H,2,9-11H2,1,3-4H3/b6-5-,12-7+,15-8+/t16-,17-,18-,20+,22-/m1/s1. The van der Waals surface area contributed by atoms with Crippen LogP contribution >= 0.6 is 0 Å². The normalized spacial score (nSPS) is 35.9. The van der Waals surface area contributed by atoms with Crippen LogP contribution < -0.4 is 0 Å². The van der Waals surface area contributed by atoms with Gasteiger partial charge >= 0.3 is 17.9 Å². The highest BCUT2D eigenvalue weighted by atomic mass is 16.6. The predicted octanol–water partition coefficient (Wildman–Crippen LogP) is 1.54. The molecule has 0 unspecified atom stereocenters. The minimum Gasteiger partial charge on any atom is -0.461 e. The lowest BCUT2D eigenvalue weighted by atomic mass is 9.83. The molecule has 2 heterocycles. The molecule has 162 valence electrons. The molecule has 0 aromatic heterocycles. The van der Waals surface area contributed by atoms with E-state index in [1.54, 1.807) is 19.1 Å². The monoisotopic (exact) mass is 418 g/mol. The molecule has 0 radical (unpaired) electrons. The van der Waals surface area contributed by atoms with E-state index in [4.69, 9.17) is 18.9 Å². The minimum absolute atomic E-state index is 0.0221. The van der Waals surface area contributed by atoms with Crippen LogP contribution in [0.2, 0.25) is 0 Å². The van der Waals surface area contributed by atoms with Crippen molar-refractivity contribution in [2.24, 2.45) is 5.92 Å². The van der Waals surface area contributed by atoms with Gasteiger partial charge < -0.3 is 24.1 Å². The van der Waals surface area contributed by atoms with E-state index in [9.17, 15) is 19.5 Å². The van der Waals surface area contributed by atoms with E-state index < -0.39 is 41.6 Å². The van der Waals surface area contributed by atoms with Crippen molar-refractivity contribution in [2.75, 3.05) is 13.2 Å². The van der Waals surface area contributed by atoms with E-state index in [-0.39, 0.29) is 24.9 Å². The number of ether oxygens (including phenoxy) is 4. The summed E-state index contributed by atoms with van der Waals surface area (Å²) < 4.78 is 21.8. The van der Waals surface area contributed by atoms with Gasteiger partial charge in [0.25, 0.3) is 0 Å². The van der Waals surface area contributed by atoms with Gasteiger partial charge in [0.15, 0.2) is 0 Å². The van der Waals surface area contributed by atoms with Crippen molar-refractivity contribution in [3.05, 3.63) is 47.6 Å². The second-order valence-corrected chi connectivity index (χ2v) is 7.98. The molecule has 30 heavy (non-hydrogen) atoms. The predicted molar refractivity (Wildman–Crippen MR) is 105 cm³/mol. The fraction of sp³-hybridized carbons (Fsp3) is 0.500. The Balaban J connectivity index is 1.86. The highest BCUT2D eigenvalue weighted by Crippen LogP contribution is 2.46. The Bertz CT molecular complexity index is 851. The lowest BCUT2D eigenvalue weighted by molar-refractivity contribution is -0.147. The van der Waals surface area contributed by atoms with E-state index in [0.29, 0.717) is 17.6 Å². The van der Waals surface area contributed by atoms with Crippen LogP contribution in [0.5, 0.6) is 0 Å². The van der Waals surface area contributed by atoms with Crippen LogP contribution in [0.1, 0.15) is 27.2 Å². The Hall–Kier alpha value is -2.71. The summed E-state index contributed by atoms with van der Waals surface area (Å²) >= 11 is 0. The van der Waals surface area contributed by atoms with Crippen LogP contribution in [0.15, 0.2) is 47.6 Å².